The number of nitrogens with one attached hydrogen (secondary N) is 2. The average Bonchev–Trinajstić information content (AvgIpc) is 2.26. The molecule has 0 bridgehead atoms. The minimum Gasteiger partial charge on any atom is -0.344 e. The Morgan fingerprint density at radius 1 is 1.64 bits per heavy atom. The molecular formula is C9H16N2O2S. The zero-order chi connectivity index (χ0) is 10.7. The van der Waals surface area contributed by atoms with Gasteiger partial charge in [-0.2, -0.15) is 11.8 Å². The van der Waals surface area contributed by atoms with E-state index in [-0.39, 0.29) is 29.0 Å². The maximum absolute atomic E-state index is 11.6. The van der Waals surface area contributed by atoms with Crippen LogP contribution in [0.1, 0.15) is 13.8 Å². The molecule has 1 heterocycles. The summed E-state index contributed by atoms with van der Waals surface area (Å²) in [4.78, 5) is 22.8. The molecule has 1 aliphatic rings. The Morgan fingerprint density at radius 2 is 2.29 bits per heavy atom. The van der Waals surface area contributed by atoms with Crippen molar-refractivity contribution in [3.8, 4) is 0 Å². The zero-order valence-corrected chi connectivity index (χ0v) is 9.48. The monoisotopic (exact) mass is 216 g/mol. The summed E-state index contributed by atoms with van der Waals surface area (Å²) in [6.45, 7) is 3.48. The number of amides is 1. The molecule has 0 saturated carbocycles. The first-order valence-corrected chi connectivity index (χ1v) is 5.71. The molecule has 0 spiro atoms. The van der Waals surface area contributed by atoms with Gasteiger partial charge >= 0.3 is 0 Å². The second-order valence-corrected chi connectivity index (χ2v) is 4.89. The minimum absolute atomic E-state index is 0.0232. The van der Waals surface area contributed by atoms with E-state index < -0.39 is 0 Å². The normalized spacial score (nSPS) is 33.4. The number of likely N-dealkylation sites (N-methyl/N-ethyl adjacent to an activating group) is 1. The van der Waals surface area contributed by atoms with Crippen LogP contribution in [0.2, 0.25) is 0 Å². The molecule has 1 fully saturated rings. The Kier molecular flexibility index (Phi) is 3.95. The van der Waals surface area contributed by atoms with E-state index >= 15 is 0 Å². The number of hydrogen-bond donors (Lipinski definition) is 2. The van der Waals surface area contributed by atoms with Crippen LogP contribution in [-0.2, 0) is 9.59 Å². The molecule has 2 N–H and O–H groups in total. The molecule has 80 valence electrons. The third kappa shape index (κ3) is 2.48. The van der Waals surface area contributed by atoms with E-state index in [2.05, 4.69) is 10.6 Å². The highest BCUT2D eigenvalue weighted by molar-refractivity contribution is 8.00. The number of rotatable bonds is 2. The highest BCUT2D eigenvalue weighted by Crippen LogP contribution is 2.19. The van der Waals surface area contributed by atoms with Gasteiger partial charge in [0.05, 0.1) is 12.1 Å². The number of carbonyl (C=O) groups excluding carboxylic acids is 2. The van der Waals surface area contributed by atoms with Crippen molar-refractivity contribution in [2.24, 2.45) is 0 Å². The lowest BCUT2D eigenvalue weighted by molar-refractivity contribution is -0.127. The van der Waals surface area contributed by atoms with Crippen LogP contribution in [0.15, 0.2) is 0 Å². The Hall–Kier alpha value is -0.550. The van der Waals surface area contributed by atoms with Crippen molar-refractivity contribution in [3.63, 3.8) is 0 Å². The predicted molar refractivity (Wildman–Crippen MR) is 57.4 cm³/mol. The van der Waals surface area contributed by atoms with Gasteiger partial charge in [-0.05, 0) is 14.0 Å². The third-order valence-electron chi connectivity index (χ3n) is 2.40. The van der Waals surface area contributed by atoms with E-state index in [1.165, 1.54) is 6.92 Å². The maximum atomic E-state index is 11.6. The van der Waals surface area contributed by atoms with Gasteiger partial charge in [-0.3, -0.25) is 9.59 Å². The lowest BCUT2D eigenvalue weighted by Gasteiger charge is -2.18. The van der Waals surface area contributed by atoms with Crippen molar-refractivity contribution in [2.75, 3.05) is 12.8 Å². The largest absolute Gasteiger partial charge is 0.344 e. The van der Waals surface area contributed by atoms with Gasteiger partial charge in [0.2, 0.25) is 5.91 Å². The lowest BCUT2D eigenvalue weighted by Crippen LogP contribution is -2.49. The molecule has 1 aliphatic heterocycles. The summed E-state index contributed by atoms with van der Waals surface area (Å²) in [5, 5.41) is 5.83. The van der Waals surface area contributed by atoms with Crippen molar-refractivity contribution in [2.45, 2.75) is 31.2 Å². The van der Waals surface area contributed by atoms with Gasteiger partial charge in [-0.15, -0.1) is 0 Å². The van der Waals surface area contributed by atoms with Crippen LogP contribution in [0.4, 0.5) is 0 Å². The van der Waals surface area contributed by atoms with Crippen LogP contribution in [0, 0.1) is 0 Å². The molecule has 0 unspecified atom stereocenters. The van der Waals surface area contributed by atoms with E-state index in [9.17, 15) is 9.59 Å². The quantitative estimate of drug-likeness (QED) is 0.670. The van der Waals surface area contributed by atoms with Crippen molar-refractivity contribution in [1.82, 2.24) is 10.6 Å². The number of thioether (sulfide) groups is 1. The predicted octanol–water partition coefficient (Wildman–Crippen LogP) is -0.216. The summed E-state index contributed by atoms with van der Waals surface area (Å²) in [5.74, 6) is 0.660. The van der Waals surface area contributed by atoms with E-state index in [0.29, 0.717) is 5.75 Å². The molecule has 0 aliphatic carbocycles. The minimum atomic E-state index is -0.342. The molecule has 0 aromatic carbocycles. The lowest BCUT2D eigenvalue weighted by atomic mass is 10.1. The Balaban J connectivity index is 2.73. The van der Waals surface area contributed by atoms with Gasteiger partial charge in [-0.1, -0.05) is 6.92 Å². The van der Waals surface area contributed by atoms with Gasteiger partial charge in [0.25, 0.3) is 0 Å². The zero-order valence-electron chi connectivity index (χ0n) is 8.66. The summed E-state index contributed by atoms with van der Waals surface area (Å²) in [6, 6.07) is -0.530. The molecular weight excluding hydrogens is 200 g/mol. The standard InChI is InChI=1S/C9H16N2O2S/c1-5(12)8-6(2)14-4-7(10-3)9(13)11-8/h6-8,10H,4H2,1-3H3,(H,11,13)/t6-,7+,8-/m1/s1. The van der Waals surface area contributed by atoms with E-state index in [1.807, 2.05) is 6.92 Å². The van der Waals surface area contributed by atoms with Crippen molar-refractivity contribution in [3.05, 3.63) is 0 Å². The molecule has 5 heteroatoms. The molecule has 1 saturated heterocycles. The van der Waals surface area contributed by atoms with Crippen LogP contribution in [0.3, 0.4) is 0 Å². The number of ketones is 1. The second-order valence-electron chi connectivity index (χ2n) is 3.48. The fraction of sp³-hybridized carbons (Fsp3) is 0.778. The summed E-state index contributed by atoms with van der Waals surface area (Å²) in [7, 11) is 1.75. The van der Waals surface area contributed by atoms with E-state index in [0.717, 1.165) is 0 Å². The number of Topliss-reactive ketones (excluding diaryl/α,β-unsaturated/α-hetero) is 1. The smallest absolute Gasteiger partial charge is 0.238 e. The van der Waals surface area contributed by atoms with Gasteiger partial charge in [0.15, 0.2) is 5.78 Å². The Bertz CT molecular complexity index is 245. The Morgan fingerprint density at radius 3 is 2.79 bits per heavy atom. The van der Waals surface area contributed by atoms with Crippen LogP contribution >= 0.6 is 11.8 Å². The van der Waals surface area contributed by atoms with E-state index in [4.69, 9.17) is 0 Å². The first-order chi connectivity index (χ1) is 6.56. The SMILES string of the molecule is CN[C@H]1CS[C@H](C)[C@@H](C(C)=O)NC1=O. The maximum Gasteiger partial charge on any atom is 0.238 e. The average molecular weight is 216 g/mol. The molecule has 1 amide bonds. The molecule has 0 aromatic heterocycles. The summed E-state index contributed by atoms with van der Waals surface area (Å²) >= 11 is 1.65. The number of carbonyl (C=O) groups is 2. The highest BCUT2D eigenvalue weighted by atomic mass is 32.2. The van der Waals surface area contributed by atoms with Crippen LogP contribution in [-0.4, -0.2) is 41.8 Å². The topological polar surface area (TPSA) is 58.2 Å². The van der Waals surface area contributed by atoms with Crippen LogP contribution in [0.25, 0.3) is 0 Å². The van der Waals surface area contributed by atoms with Crippen molar-refractivity contribution >= 4 is 23.5 Å². The Labute approximate surface area is 88.2 Å². The fourth-order valence-corrected chi connectivity index (χ4v) is 2.70. The second kappa shape index (κ2) is 4.79. The molecule has 0 radical (unpaired) electrons. The van der Waals surface area contributed by atoms with Gasteiger partial charge in [-0.25, -0.2) is 0 Å². The summed E-state index contributed by atoms with van der Waals surface area (Å²) < 4.78 is 0. The molecule has 4 nitrogen and oxygen atoms in total. The summed E-state index contributed by atoms with van der Waals surface area (Å²) in [5.41, 5.74) is 0. The van der Waals surface area contributed by atoms with Crippen molar-refractivity contribution in [1.29, 1.82) is 0 Å². The highest BCUT2D eigenvalue weighted by Gasteiger charge is 2.31. The first-order valence-electron chi connectivity index (χ1n) is 4.66. The van der Waals surface area contributed by atoms with Gasteiger partial charge in [0.1, 0.15) is 0 Å². The fourth-order valence-electron chi connectivity index (χ4n) is 1.44. The van der Waals surface area contributed by atoms with Crippen LogP contribution in [0.5, 0.6) is 0 Å². The molecule has 1 rings (SSSR count). The third-order valence-corrected chi connectivity index (χ3v) is 3.72. The van der Waals surface area contributed by atoms with Crippen molar-refractivity contribution < 1.29 is 9.59 Å². The van der Waals surface area contributed by atoms with E-state index in [1.54, 1.807) is 18.8 Å². The molecule has 14 heavy (non-hydrogen) atoms. The van der Waals surface area contributed by atoms with Gasteiger partial charge < -0.3 is 10.6 Å². The van der Waals surface area contributed by atoms with Gasteiger partial charge in [0, 0.05) is 11.0 Å². The first kappa shape index (κ1) is 11.5. The molecule has 0 aromatic rings. The molecule has 3 atom stereocenters. The van der Waals surface area contributed by atoms with Crippen LogP contribution < -0.4 is 10.6 Å². The number of hydrogen-bond acceptors (Lipinski definition) is 4. The summed E-state index contributed by atoms with van der Waals surface area (Å²) in [6.07, 6.45) is 0.